The van der Waals surface area contributed by atoms with Crippen molar-refractivity contribution < 1.29 is 37.1 Å². The number of halogens is 4. The molecule has 1 saturated heterocycles. The molecule has 4 aliphatic carbocycles. The lowest BCUT2D eigenvalue weighted by atomic mass is 9.34. The molecule has 5 fully saturated rings. The average molecular weight is 569 g/mol. The molecule has 1 unspecified atom stereocenters. The molecule has 4 saturated carbocycles. The maximum atomic E-state index is 13.4. The fraction of sp³-hybridized carbons (Fsp3) is 0.577. The summed E-state index contributed by atoms with van der Waals surface area (Å²) in [5.41, 5.74) is -3.08. The number of amides is 4. The van der Waals surface area contributed by atoms with Crippen molar-refractivity contribution in [2.75, 3.05) is 5.32 Å². The number of nitrogens with one attached hydrogen (secondary N) is 4. The number of anilines is 1. The molecule has 2 bridgehead atoms. The van der Waals surface area contributed by atoms with Gasteiger partial charge in [-0.2, -0.15) is 13.2 Å². The van der Waals surface area contributed by atoms with E-state index >= 15 is 0 Å². The highest BCUT2D eigenvalue weighted by atomic mass is 35.5. The van der Waals surface area contributed by atoms with Crippen LogP contribution in [0.2, 0.25) is 5.02 Å². The van der Waals surface area contributed by atoms with Crippen LogP contribution in [-0.2, 0) is 19.2 Å². The number of rotatable bonds is 9. The monoisotopic (exact) mass is 568 g/mol. The van der Waals surface area contributed by atoms with Crippen molar-refractivity contribution in [1.82, 2.24) is 16.0 Å². The smallest absolute Gasteiger partial charge is 0.353 e. The van der Waals surface area contributed by atoms with Crippen molar-refractivity contribution in [1.29, 1.82) is 0 Å². The molecule has 1 aliphatic heterocycles. The lowest BCUT2D eigenvalue weighted by Gasteiger charge is -2.69. The highest BCUT2D eigenvalue weighted by molar-refractivity contribution is 6.38. The first-order valence-corrected chi connectivity index (χ1v) is 13.2. The van der Waals surface area contributed by atoms with E-state index in [0.29, 0.717) is 6.42 Å². The zero-order valence-corrected chi connectivity index (χ0v) is 21.8. The minimum Gasteiger partial charge on any atom is -0.353 e. The van der Waals surface area contributed by atoms with Crippen LogP contribution in [0.15, 0.2) is 18.2 Å². The Morgan fingerprint density at radius 3 is 2.38 bits per heavy atom. The van der Waals surface area contributed by atoms with E-state index in [4.69, 9.17) is 11.6 Å². The summed E-state index contributed by atoms with van der Waals surface area (Å²) in [7, 11) is 0. The Kier molecular flexibility index (Phi) is 6.68. The molecule has 4 N–H and O–H groups in total. The summed E-state index contributed by atoms with van der Waals surface area (Å²) in [4.78, 5) is 64.1. The van der Waals surface area contributed by atoms with Crippen molar-refractivity contribution in [3.05, 3.63) is 28.8 Å². The maximum Gasteiger partial charge on any atom is 0.394 e. The normalized spacial score (nSPS) is 29.8. The molecule has 0 aromatic heterocycles. The fourth-order valence-electron chi connectivity index (χ4n) is 5.95. The van der Waals surface area contributed by atoms with E-state index in [9.17, 15) is 37.1 Å². The molecule has 5 aliphatic rings. The van der Waals surface area contributed by atoms with E-state index in [1.807, 2.05) is 0 Å². The van der Waals surface area contributed by atoms with E-state index in [0.717, 1.165) is 12.8 Å². The second kappa shape index (κ2) is 9.50. The predicted molar refractivity (Wildman–Crippen MR) is 133 cm³/mol. The van der Waals surface area contributed by atoms with Crippen LogP contribution in [0.4, 0.5) is 18.9 Å². The topological polar surface area (TPSA) is 133 Å². The van der Waals surface area contributed by atoms with Crippen LogP contribution in [0.3, 0.4) is 0 Å². The summed E-state index contributed by atoms with van der Waals surface area (Å²) >= 11 is 6.09. The van der Waals surface area contributed by atoms with Gasteiger partial charge in [-0.25, -0.2) is 0 Å². The number of Topliss-reactive ketones (excluding diaryl/α,β-unsaturated/α-hetero) is 1. The molecule has 0 radical (unpaired) electrons. The zero-order chi connectivity index (χ0) is 28.3. The molecule has 1 heterocycles. The third kappa shape index (κ3) is 5.10. The molecular weight excluding hydrogens is 541 g/mol. The number of hydrogen-bond donors (Lipinski definition) is 4. The number of ketones is 1. The van der Waals surface area contributed by atoms with Gasteiger partial charge in [0.25, 0.3) is 11.8 Å². The van der Waals surface area contributed by atoms with Crippen LogP contribution in [0.5, 0.6) is 0 Å². The standard InChI is InChI=1S/C26H28ClF3N4O5/c1-12-6-13(20(36)31-12)7-18(19(35)22(38)32-15-3-4-15)33-21(37)16-8-14(27)2-5-17(16)34-23(39)24-9-25(10-24,11-24)26(28,29)30/h2,5,8,12-13,15,18H,3-4,6-7,9-11H2,1H3,(H,31,36)(H,32,38)(H,33,37)(H,34,39)/t12-,13+,18?,24?,25?/m1/s1. The van der Waals surface area contributed by atoms with Crippen molar-refractivity contribution >= 4 is 46.7 Å². The van der Waals surface area contributed by atoms with E-state index in [-0.39, 0.29) is 59.9 Å². The zero-order valence-electron chi connectivity index (χ0n) is 21.0. The van der Waals surface area contributed by atoms with Gasteiger partial charge in [0.2, 0.25) is 17.6 Å². The summed E-state index contributed by atoms with van der Waals surface area (Å²) in [6, 6.07) is 2.45. The highest BCUT2D eigenvalue weighted by Crippen LogP contribution is 2.78. The molecule has 210 valence electrons. The van der Waals surface area contributed by atoms with Crippen LogP contribution in [-0.4, -0.2) is 53.7 Å². The van der Waals surface area contributed by atoms with Gasteiger partial charge in [-0.15, -0.1) is 0 Å². The molecular formula is C26H28ClF3N4O5. The largest absolute Gasteiger partial charge is 0.394 e. The molecule has 1 aromatic carbocycles. The SMILES string of the molecule is C[C@@H]1C[C@@H](CC(NC(=O)c2cc(Cl)ccc2NC(=O)C23CC(C(F)(F)F)(C2)C3)C(=O)C(=O)NC2CC2)C(=O)N1. The predicted octanol–water partition coefficient (Wildman–Crippen LogP) is 2.87. The minimum atomic E-state index is -4.37. The van der Waals surface area contributed by atoms with E-state index in [1.165, 1.54) is 18.2 Å². The third-order valence-corrected chi connectivity index (χ3v) is 8.50. The Labute approximate surface area is 227 Å². The quantitative estimate of drug-likeness (QED) is 0.340. The van der Waals surface area contributed by atoms with Crippen molar-refractivity contribution in [3.63, 3.8) is 0 Å². The summed E-state index contributed by atoms with van der Waals surface area (Å²) in [5, 5.41) is 10.6. The van der Waals surface area contributed by atoms with Crippen LogP contribution >= 0.6 is 11.6 Å². The number of carbonyl (C=O) groups excluding carboxylic acids is 5. The highest BCUT2D eigenvalue weighted by Gasteiger charge is 2.80. The van der Waals surface area contributed by atoms with Crippen LogP contribution in [0.1, 0.15) is 62.2 Å². The second-order valence-corrected chi connectivity index (χ2v) is 11.9. The molecule has 0 spiro atoms. The first-order valence-electron chi connectivity index (χ1n) is 12.9. The Morgan fingerprint density at radius 2 is 1.82 bits per heavy atom. The first-order chi connectivity index (χ1) is 18.2. The van der Waals surface area contributed by atoms with Gasteiger partial charge in [0.1, 0.15) is 0 Å². The van der Waals surface area contributed by atoms with Gasteiger partial charge in [0.05, 0.1) is 28.1 Å². The summed E-state index contributed by atoms with van der Waals surface area (Å²) in [6.45, 7) is 1.80. The number of carbonyl (C=O) groups is 5. The van der Waals surface area contributed by atoms with Crippen molar-refractivity contribution in [2.24, 2.45) is 16.7 Å². The van der Waals surface area contributed by atoms with Gasteiger partial charge in [-0.3, -0.25) is 24.0 Å². The Bertz CT molecular complexity index is 1240. The molecule has 6 rings (SSSR count). The number of hydrogen-bond acceptors (Lipinski definition) is 5. The maximum absolute atomic E-state index is 13.4. The fourth-order valence-corrected chi connectivity index (χ4v) is 6.12. The van der Waals surface area contributed by atoms with E-state index in [1.54, 1.807) is 6.92 Å². The van der Waals surface area contributed by atoms with Gasteiger partial charge in [0.15, 0.2) is 0 Å². The summed E-state index contributed by atoms with van der Waals surface area (Å²) < 4.78 is 39.7. The van der Waals surface area contributed by atoms with Gasteiger partial charge in [-0.05, 0) is 70.1 Å². The Hall–Kier alpha value is -3.15. The van der Waals surface area contributed by atoms with Crippen LogP contribution in [0, 0.1) is 16.7 Å². The van der Waals surface area contributed by atoms with Gasteiger partial charge in [-0.1, -0.05) is 11.6 Å². The third-order valence-electron chi connectivity index (χ3n) is 8.26. The van der Waals surface area contributed by atoms with Crippen molar-refractivity contribution in [2.45, 2.75) is 76.2 Å². The number of alkyl halides is 3. The first kappa shape index (κ1) is 27.4. The van der Waals surface area contributed by atoms with Gasteiger partial charge in [0, 0.05) is 23.0 Å². The number of benzene rings is 1. The molecule has 13 heteroatoms. The Morgan fingerprint density at radius 1 is 1.15 bits per heavy atom. The van der Waals surface area contributed by atoms with E-state index < -0.39 is 52.5 Å². The molecule has 3 atom stereocenters. The lowest BCUT2D eigenvalue weighted by Crippen LogP contribution is -2.71. The van der Waals surface area contributed by atoms with Crippen molar-refractivity contribution in [3.8, 4) is 0 Å². The van der Waals surface area contributed by atoms with Crippen LogP contribution < -0.4 is 21.3 Å². The minimum absolute atomic E-state index is 0.00791. The summed E-state index contributed by atoms with van der Waals surface area (Å²) in [6.07, 6.45) is -3.49. The lowest BCUT2D eigenvalue weighted by molar-refractivity contribution is -0.349. The van der Waals surface area contributed by atoms with E-state index in [2.05, 4.69) is 21.3 Å². The summed E-state index contributed by atoms with van der Waals surface area (Å²) in [5.74, 6) is -4.12. The van der Waals surface area contributed by atoms with Gasteiger partial charge >= 0.3 is 6.18 Å². The Balaban J connectivity index is 1.32. The second-order valence-electron chi connectivity index (χ2n) is 11.4. The van der Waals surface area contributed by atoms with Gasteiger partial charge < -0.3 is 21.3 Å². The molecule has 4 amide bonds. The molecule has 39 heavy (non-hydrogen) atoms. The molecule has 9 nitrogen and oxygen atoms in total. The molecule has 1 aromatic rings. The van der Waals surface area contributed by atoms with Crippen LogP contribution in [0.25, 0.3) is 0 Å². The average Bonchev–Trinajstić information content (AvgIpc) is 3.53.